The Bertz CT molecular complexity index is 412. The van der Waals surface area contributed by atoms with E-state index in [1.54, 1.807) is 0 Å². The number of nitrogens with one attached hydrogen (secondary N) is 1. The molecule has 0 spiro atoms. The van der Waals surface area contributed by atoms with Crippen LogP contribution in [0.5, 0.6) is 0 Å². The second-order valence-electron chi connectivity index (χ2n) is 4.34. The van der Waals surface area contributed by atoms with Crippen LogP contribution < -0.4 is 10.2 Å². The van der Waals surface area contributed by atoms with Crippen molar-refractivity contribution in [1.29, 1.82) is 0 Å². The third-order valence-corrected chi connectivity index (χ3v) is 4.16. The molecule has 0 radical (unpaired) electrons. The summed E-state index contributed by atoms with van der Waals surface area (Å²) in [5.74, 6) is 2.54. The average molecular weight is 253 g/mol. The number of nitrogens with zero attached hydrogens (tertiary/aromatic N) is 2. The van der Waals surface area contributed by atoms with E-state index in [2.05, 4.69) is 27.3 Å². The summed E-state index contributed by atoms with van der Waals surface area (Å²) in [6, 6.07) is 4.22. The molecule has 1 aliphatic heterocycles. The molecule has 0 amide bonds. The van der Waals surface area contributed by atoms with Gasteiger partial charge in [0.1, 0.15) is 5.82 Å². The smallest absolute Gasteiger partial charge is 0.129 e. The molecule has 1 aromatic rings. The van der Waals surface area contributed by atoms with Crippen molar-refractivity contribution in [3.05, 3.63) is 23.4 Å². The van der Waals surface area contributed by atoms with Crippen LogP contribution in [0.3, 0.4) is 0 Å². The third kappa shape index (κ3) is 3.26. The predicted octanol–water partition coefficient (Wildman–Crippen LogP) is 0.678. The molecular formula is C12H19N3OS. The van der Waals surface area contributed by atoms with Gasteiger partial charge in [-0.15, -0.1) is 0 Å². The number of rotatable bonds is 3. The zero-order valence-electron chi connectivity index (χ0n) is 10.4. The third-order valence-electron chi connectivity index (χ3n) is 2.88. The number of hydrogen-bond donors (Lipinski definition) is 1. The molecule has 0 unspecified atom stereocenters. The summed E-state index contributed by atoms with van der Waals surface area (Å²) in [7, 11) is 1.31. The van der Waals surface area contributed by atoms with E-state index in [-0.39, 0.29) is 0 Å². The van der Waals surface area contributed by atoms with Gasteiger partial charge in [-0.2, -0.15) is 0 Å². The fraction of sp³-hybridized carbons (Fsp3) is 0.583. The quantitative estimate of drug-likeness (QED) is 0.860. The van der Waals surface area contributed by atoms with Crippen LogP contribution in [-0.4, -0.2) is 40.8 Å². The number of aryl methyl sites for hydroxylation is 1. The molecule has 17 heavy (non-hydrogen) atoms. The number of aromatic nitrogens is 1. The van der Waals surface area contributed by atoms with Crippen molar-refractivity contribution >= 4 is 16.6 Å². The van der Waals surface area contributed by atoms with E-state index in [4.69, 9.17) is 0 Å². The molecule has 0 aromatic carbocycles. The highest BCUT2D eigenvalue weighted by Crippen LogP contribution is 2.16. The lowest BCUT2D eigenvalue weighted by molar-refractivity contribution is 0.672. The fourth-order valence-corrected chi connectivity index (χ4v) is 3.11. The van der Waals surface area contributed by atoms with Crippen LogP contribution in [-0.2, 0) is 17.3 Å². The summed E-state index contributed by atoms with van der Waals surface area (Å²) >= 11 is 0. The summed E-state index contributed by atoms with van der Waals surface area (Å²) in [6.45, 7) is 4.57. The second-order valence-corrected chi connectivity index (χ2v) is 6.04. The molecule has 5 heteroatoms. The molecule has 1 N–H and O–H groups in total. The van der Waals surface area contributed by atoms with E-state index in [1.807, 2.05) is 14.0 Å². The molecule has 1 aliphatic rings. The Balaban J connectivity index is 2.16. The lowest BCUT2D eigenvalue weighted by Gasteiger charge is -2.28. The highest BCUT2D eigenvalue weighted by atomic mass is 32.2. The monoisotopic (exact) mass is 253 g/mol. The lowest BCUT2D eigenvalue weighted by Crippen LogP contribution is -2.38. The fourth-order valence-electron chi connectivity index (χ4n) is 2.06. The Labute approximate surface area is 105 Å². The number of pyridine rings is 1. The maximum absolute atomic E-state index is 11.3. The number of hydrogen-bond acceptors (Lipinski definition) is 4. The maximum Gasteiger partial charge on any atom is 0.129 e. The summed E-state index contributed by atoms with van der Waals surface area (Å²) in [5, 5.41) is 3.15. The lowest BCUT2D eigenvalue weighted by atomic mass is 10.2. The molecule has 0 bridgehead atoms. The van der Waals surface area contributed by atoms with Crippen LogP contribution in [0.2, 0.25) is 0 Å². The SMILES string of the molecule is CNCc1cc(C)nc(N2CCS(=O)CC2)c1. The summed E-state index contributed by atoms with van der Waals surface area (Å²) in [5.41, 5.74) is 2.29. The van der Waals surface area contributed by atoms with Crippen LogP contribution in [0.1, 0.15) is 11.3 Å². The zero-order valence-corrected chi connectivity index (χ0v) is 11.2. The van der Waals surface area contributed by atoms with Crippen LogP contribution >= 0.6 is 0 Å². The standard InChI is InChI=1S/C12H19N3OS/c1-10-7-11(9-13-2)8-12(14-10)15-3-5-17(16)6-4-15/h7-8,13H,3-6,9H2,1-2H3. The van der Waals surface area contributed by atoms with Crippen molar-refractivity contribution in [1.82, 2.24) is 10.3 Å². The summed E-state index contributed by atoms with van der Waals surface area (Å²) in [4.78, 5) is 6.79. The van der Waals surface area contributed by atoms with Crippen LogP contribution in [0.25, 0.3) is 0 Å². The van der Waals surface area contributed by atoms with E-state index in [9.17, 15) is 4.21 Å². The van der Waals surface area contributed by atoms with Gasteiger partial charge in [-0.05, 0) is 31.7 Å². The molecule has 0 aliphatic carbocycles. The van der Waals surface area contributed by atoms with Crippen molar-refractivity contribution < 1.29 is 4.21 Å². The van der Waals surface area contributed by atoms with Gasteiger partial charge < -0.3 is 10.2 Å². The van der Waals surface area contributed by atoms with Gasteiger partial charge in [0.25, 0.3) is 0 Å². The Kier molecular flexibility index (Phi) is 4.12. The van der Waals surface area contributed by atoms with Crippen molar-refractivity contribution in [2.75, 3.05) is 36.5 Å². The van der Waals surface area contributed by atoms with Crippen molar-refractivity contribution in [2.45, 2.75) is 13.5 Å². The Morgan fingerprint density at radius 3 is 2.76 bits per heavy atom. The van der Waals surface area contributed by atoms with Gasteiger partial charge in [0.15, 0.2) is 0 Å². The van der Waals surface area contributed by atoms with Gasteiger partial charge in [-0.1, -0.05) is 0 Å². The van der Waals surface area contributed by atoms with Gasteiger partial charge in [0.2, 0.25) is 0 Å². The largest absolute Gasteiger partial charge is 0.355 e. The average Bonchev–Trinajstić information content (AvgIpc) is 2.29. The van der Waals surface area contributed by atoms with E-state index < -0.39 is 10.8 Å². The van der Waals surface area contributed by atoms with Crippen LogP contribution in [0.4, 0.5) is 5.82 Å². The molecule has 0 atom stereocenters. The Morgan fingerprint density at radius 2 is 2.12 bits per heavy atom. The minimum Gasteiger partial charge on any atom is -0.355 e. The summed E-state index contributed by atoms with van der Waals surface area (Å²) < 4.78 is 11.3. The van der Waals surface area contributed by atoms with E-state index >= 15 is 0 Å². The highest BCUT2D eigenvalue weighted by Gasteiger charge is 2.16. The van der Waals surface area contributed by atoms with Crippen molar-refractivity contribution in [3.8, 4) is 0 Å². The molecule has 2 heterocycles. The molecular weight excluding hydrogens is 234 g/mol. The van der Waals surface area contributed by atoms with Crippen LogP contribution in [0.15, 0.2) is 12.1 Å². The van der Waals surface area contributed by atoms with Gasteiger partial charge in [-0.3, -0.25) is 4.21 Å². The highest BCUT2D eigenvalue weighted by molar-refractivity contribution is 7.85. The first-order valence-electron chi connectivity index (χ1n) is 5.91. The Hall–Kier alpha value is -0.940. The van der Waals surface area contributed by atoms with E-state index in [1.165, 1.54) is 5.56 Å². The van der Waals surface area contributed by atoms with Gasteiger partial charge in [-0.25, -0.2) is 4.98 Å². The topological polar surface area (TPSA) is 45.2 Å². The molecule has 4 nitrogen and oxygen atoms in total. The zero-order chi connectivity index (χ0) is 12.3. The minimum absolute atomic E-state index is 0.631. The van der Waals surface area contributed by atoms with Gasteiger partial charge >= 0.3 is 0 Å². The molecule has 1 fully saturated rings. The van der Waals surface area contributed by atoms with Crippen molar-refractivity contribution in [3.63, 3.8) is 0 Å². The molecule has 94 valence electrons. The first-order valence-corrected chi connectivity index (χ1v) is 7.40. The van der Waals surface area contributed by atoms with Gasteiger partial charge in [0.05, 0.1) is 0 Å². The van der Waals surface area contributed by atoms with Crippen LogP contribution in [0, 0.1) is 6.92 Å². The minimum atomic E-state index is -0.631. The maximum atomic E-state index is 11.3. The molecule has 0 saturated carbocycles. The first kappa shape index (κ1) is 12.5. The van der Waals surface area contributed by atoms with E-state index in [0.29, 0.717) is 0 Å². The van der Waals surface area contributed by atoms with Gasteiger partial charge in [0, 0.05) is 47.6 Å². The molecule has 2 rings (SSSR count). The summed E-state index contributed by atoms with van der Waals surface area (Å²) in [6.07, 6.45) is 0. The van der Waals surface area contributed by atoms with E-state index in [0.717, 1.165) is 42.7 Å². The first-order chi connectivity index (χ1) is 8.19. The second kappa shape index (κ2) is 5.60. The predicted molar refractivity (Wildman–Crippen MR) is 71.8 cm³/mol. The molecule has 1 aromatic heterocycles. The molecule has 1 saturated heterocycles. The number of anilines is 1. The normalized spacial score (nSPS) is 17.4. The Morgan fingerprint density at radius 1 is 1.41 bits per heavy atom. The van der Waals surface area contributed by atoms with Crippen molar-refractivity contribution in [2.24, 2.45) is 0 Å².